The Kier molecular flexibility index (Phi) is 3.75. The molecule has 100 valence electrons. The van der Waals surface area contributed by atoms with E-state index in [1.54, 1.807) is 13.0 Å². The van der Waals surface area contributed by atoms with E-state index in [0.717, 1.165) is 5.56 Å². The van der Waals surface area contributed by atoms with Crippen molar-refractivity contribution in [3.05, 3.63) is 51.6 Å². The van der Waals surface area contributed by atoms with Gasteiger partial charge in [-0.25, -0.2) is 22.5 Å². The van der Waals surface area contributed by atoms with Crippen LogP contribution in [-0.2, 0) is 0 Å². The predicted octanol–water partition coefficient (Wildman–Crippen LogP) is 4.45. The molecule has 1 aromatic carbocycles. The molecule has 0 fully saturated rings. The summed E-state index contributed by atoms with van der Waals surface area (Å²) in [5, 5.41) is 2.23. The van der Waals surface area contributed by atoms with Crippen LogP contribution in [0.5, 0.6) is 0 Å². The quantitative estimate of drug-likeness (QED) is 0.648. The molecule has 0 aliphatic rings. The van der Waals surface area contributed by atoms with Crippen LogP contribution < -0.4 is 5.32 Å². The first kappa shape index (κ1) is 13.8. The summed E-state index contributed by atoms with van der Waals surface area (Å²) in [6, 6.07) is 1.79. The van der Waals surface area contributed by atoms with Gasteiger partial charge in [0.2, 0.25) is 0 Å². The third kappa shape index (κ3) is 2.70. The lowest BCUT2D eigenvalue weighted by atomic mass is 10.2. The molecule has 0 radical (unpaired) electrons. The van der Waals surface area contributed by atoms with E-state index in [4.69, 9.17) is 0 Å². The van der Waals surface area contributed by atoms with E-state index in [2.05, 4.69) is 26.2 Å². The Labute approximate surface area is 114 Å². The number of benzene rings is 1. The van der Waals surface area contributed by atoms with Gasteiger partial charge in [0.1, 0.15) is 11.5 Å². The van der Waals surface area contributed by atoms with Crippen molar-refractivity contribution in [1.82, 2.24) is 4.98 Å². The Hall–Kier alpha value is -1.63. The summed E-state index contributed by atoms with van der Waals surface area (Å²) in [6.07, 6.45) is 1.44. The molecule has 0 bridgehead atoms. The number of aromatic nitrogens is 1. The van der Waals surface area contributed by atoms with Crippen LogP contribution in [0.25, 0.3) is 0 Å². The van der Waals surface area contributed by atoms with Crippen LogP contribution in [0.3, 0.4) is 0 Å². The van der Waals surface area contributed by atoms with Gasteiger partial charge in [0.25, 0.3) is 0 Å². The van der Waals surface area contributed by atoms with Gasteiger partial charge in [0.05, 0.1) is 4.47 Å². The van der Waals surface area contributed by atoms with Crippen LogP contribution in [0, 0.1) is 30.2 Å². The molecule has 1 heterocycles. The number of hydrogen-bond acceptors (Lipinski definition) is 2. The maximum Gasteiger partial charge on any atom is 0.185 e. The summed E-state index contributed by atoms with van der Waals surface area (Å²) in [4.78, 5) is 3.88. The molecule has 0 atom stereocenters. The van der Waals surface area contributed by atoms with Crippen LogP contribution >= 0.6 is 15.9 Å². The highest BCUT2D eigenvalue weighted by atomic mass is 79.9. The highest BCUT2D eigenvalue weighted by Crippen LogP contribution is 2.29. The summed E-state index contributed by atoms with van der Waals surface area (Å²) in [5.41, 5.74) is -0.113. The lowest BCUT2D eigenvalue weighted by molar-refractivity contribution is 0.459. The predicted molar refractivity (Wildman–Crippen MR) is 66.2 cm³/mol. The third-order valence-electron chi connectivity index (χ3n) is 2.33. The van der Waals surface area contributed by atoms with E-state index in [1.165, 1.54) is 6.20 Å². The average molecular weight is 335 g/mol. The largest absolute Gasteiger partial charge is 0.334 e. The van der Waals surface area contributed by atoms with Gasteiger partial charge >= 0.3 is 0 Å². The SMILES string of the molecule is Cc1cnc(Nc2c(F)c(F)cc(F)c2F)c(Br)c1. The number of anilines is 2. The summed E-state index contributed by atoms with van der Waals surface area (Å²) < 4.78 is 53.4. The van der Waals surface area contributed by atoms with Crippen molar-refractivity contribution in [2.75, 3.05) is 5.32 Å². The molecule has 0 saturated carbocycles. The second kappa shape index (κ2) is 5.16. The van der Waals surface area contributed by atoms with Gasteiger partial charge in [-0.3, -0.25) is 0 Å². The molecule has 19 heavy (non-hydrogen) atoms. The Morgan fingerprint density at radius 1 is 1.05 bits per heavy atom. The molecule has 0 spiro atoms. The zero-order valence-corrected chi connectivity index (χ0v) is 11.2. The maximum absolute atomic E-state index is 13.5. The molecule has 0 aliphatic carbocycles. The number of nitrogens with zero attached hydrogens (tertiary/aromatic N) is 1. The van der Waals surface area contributed by atoms with Gasteiger partial charge < -0.3 is 5.32 Å². The topological polar surface area (TPSA) is 24.9 Å². The zero-order chi connectivity index (χ0) is 14.2. The highest BCUT2D eigenvalue weighted by molar-refractivity contribution is 9.10. The summed E-state index contributed by atoms with van der Waals surface area (Å²) >= 11 is 3.13. The molecular formula is C12H7BrF4N2. The molecule has 2 rings (SSSR count). The van der Waals surface area contributed by atoms with E-state index < -0.39 is 29.0 Å². The first-order valence-corrected chi connectivity index (χ1v) is 5.91. The number of halogens is 5. The lowest BCUT2D eigenvalue weighted by Crippen LogP contribution is -2.04. The second-order valence-corrected chi connectivity index (χ2v) is 4.67. The van der Waals surface area contributed by atoms with Gasteiger partial charge in [-0.1, -0.05) is 0 Å². The molecule has 0 saturated heterocycles. The van der Waals surface area contributed by atoms with Crippen molar-refractivity contribution in [2.24, 2.45) is 0 Å². The van der Waals surface area contributed by atoms with E-state index in [9.17, 15) is 17.6 Å². The van der Waals surface area contributed by atoms with Crippen LogP contribution in [-0.4, -0.2) is 4.98 Å². The standard InChI is InChI=1S/C12H7BrF4N2/c1-5-2-6(13)12(18-4-5)19-11-9(16)7(14)3-8(15)10(11)17/h2-4H,1H3,(H,18,19). The van der Waals surface area contributed by atoms with Crippen molar-refractivity contribution < 1.29 is 17.6 Å². The first-order chi connectivity index (χ1) is 8.90. The molecular weight excluding hydrogens is 328 g/mol. The number of aryl methyl sites for hydroxylation is 1. The van der Waals surface area contributed by atoms with Crippen LogP contribution in [0.2, 0.25) is 0 Å². The Bertz CT molecular complexity index is 620. The molecule has 1 aromatic heterocycles. The minimum Gasteiger partial charge on any atom is -0.334 e. The first-order valence-electron chi connectivity index (χ1n) is 5.12. The number of rotatable bonds is 2. The minimum atomic E-state index is -1.51. The molecule has 0 amide bonds. The normalized spacial score (nSPS) is 10.6. The van der Waals surface area contributed by atoms with E-state index in [0.29, 0.717) is 4.47 Å². The van der Waals surface area contributed by atoms with Crippen molar-refractivity contribution >= 4 is 27.4 Å². The fourth-order valence-corrected chi connectivity index (χ4v) is 1.99. The molecule has 2 aromatic rings. The fraction of sp³-hybridized carbons (Fsp3) is 0.0833. The average Bonchev–Trinajstić information content (AvgIpc) is 2.34. The van der Waals surface area contributed by atoms with Gasteiger partial charge in [-0.15, -0.1) is 0 Å². The smallest absolute Gasteiger partial charge is 0.185 e. The van der Waals surface area contributed by atoms with Crippen molar-refractivity contribution in [3.8, 4) is 0 Å². The zero-order valence-electron chi connectivity index (χ0n) is 9.57. The summed E-state index contributed by atoms with van der Waals surface area (Å²) in [7, 11) is 0. The second-order valence-electron chi connectivity index (χ2n) is 3.81. The highest BCUT2D eigenvalue weighted by Gasteiger charge is 2.20. The molecule has 7 heteroatoms. The molecule has 2 nitrogen and oxygen atoms in total. The maximum atomic E-state index is 13.5. The van der Waals surface area contributed by atoms with Crippen molar-refractivity contribution in [1.29, 1.82) is 0 Å². The van der Waals surface area contributed by atoms with Crippen LogP contribution in [0.15, 0.2) is 22.8 Å². The van der Waals surface area contributed by atoms with Gasteiger partial charge in [0.15, 0.2) is 23.3 Å². The van der Waals surface area contributed by atoms with Gasteiger partial charge in [0, 0.05) is 12.3 Å². The van der Waals surface area contributed by atoms with Crippen LogP contribution in [0.4, 0.5) is 29.1 Å². The summed E-state index contributed by atoms with van der Waals surface area (Å²) in [5.74, 6) is -5.93. The van der Waals surface area contributed by atoms with E-state index >= 15 is 0 Å². The Morgan fingerprint density at radius 2 is 1.63 bits per heavy atom. The summed E-state index contributed by atoms with van der Waals surface area (Å²) in [6.45, 7) is 1.77. The van der Waals surface area contributed by atoms with E-state index in [1.807, 2.05) is 0 Å². The molecule has 1 N–H and O–H groups in total. The molecule has 0 aliphatic heterocycles. The molecule has 0 unspecified atom stereocenters. The minimum absolute atomic E-state index is 0.0494. The van der Waals surface area contributed by atoms with Gasteiger partial charge in [-0.2, -0.15) is 0 Å². The van der Waals surface area contributed by atoms with E-state index in [-0.39, 0.29) is 11.9 Å². The number of nitrogens with one attached hydrogen (secondary N) is 1. The Morgan fingerprint density at radius 3 is 2.16 bits per heavy atom. The fourth-order valence-electron chi connectivity index (χ4n) is 1.43. The van der Waals surface area contributed by atoms with Crippen LogP contribution in [0.1, 0.15) is 5.56 Å². The number of hydrogen-bond donors (Lipinski definition) is 1. The Balaban J connectivity index is 2.49. The third-order valence-corrected chi connectivity index (χ3v) is 2.94. The lowest BCUT2D eigenvalue weighted by Gasteiger charge is -2.11. The van der Waals surface area contributed by atoms with Gasteiger partial charge in [-0.05, 0) is 34.5 Å². The number of pyridine rings is 1. The van der Waals surface area contributed by atoms with Crippen molar-refractivity contribution in [3.63, 3.8) is 0 Å². The monoisotopic (exact) mass is 334 g/mol. The van der Waals surface area contributed by atoms with Crippen molar-refractivity contribution in [2.45, 2.75) is 6.92 Å².